The van der Waals surface area contributed by atoms with E-state index >= 15 is 0 Å². The molecule has 4 heteroatoms. The highest BCUT2D eigenvalue weighted by Gasteiger charge is 2.28. The normalized spacial score (nSPS) is 20.0. The summed E-state index contributed by atoms with van der Waals surface area (Å²) >= 11 is 0. The highest BCUT2D eigenvalue weighted by Crippen LogP contribution is 2.23. The van der Waals surface area contributed by atoms with Crippen LogP contribution in [0, 0.1) is 11.8 Å². The molecule has 2 N–H and O–H groups in total. The van der Waals surface area contributed by atoms with Crippen molar-refractivity contribution in [3.8, 4) is 0 Å². The molecule has 1 aliphatic heterocycles. The summed E-state index contributed by atoms with van der Waals surface area (Å²) < 4.78 is 5.41. The minimum Gasteiger partial charge on any atom is -0.385 e. The summed E-state index contributed by atoms with van der Waals surface area (Å²) in [6.07, 6.45) is 1.78. The Labute approximate surface area is 149 Å². The van der Waals surface area contributed by atoms with Crippen molar-refractivity contribution in [3.63, 3.8) is 0 Å². The van der Waals surface area contributed by atoms with Crippen LogP contribution < -0.4 is 10.6 Å². The Kier molecular flexibility index (Phi) is 6.07. The van der Waals surface area contributed by atoms with Gasteiger partial charge in [-0.2, -0.15) is 0 Å². The zero-order valence-corrected chi connectivity index (χ0v) is 14.7. The zero-order chi connectivity index (χ0) is 17.5. The van der Waals surface area contributed by atoms with Crippen molar-refractivity contribution >= 4 is 17.3 Å². The van der Waals surface area contributed by atoms with Crippen molar-refractivity contribution in [2.75, 3.05) is 30.4 Å². The average molecular weight is 338 g/mol. The van der Waals surface area contributed by atoms with Crippen LogP contribution in [0.15, 0.2) is 54.6 Å². The maximum Gasteiger partial charge on any atom is 0.227 e. The number of rotatable bonds is 6. The summed E-state index contributed by atoms with van der Waals surface area (Å²) in [5.74, 6) is 0.408. The van der Waals surface area contributed by atoms with Crippen molar-refractivity contribution in [1.82, 2.24) is 0 Å². The molecule has 0 radical (unpaired) electrons. The van der Waals surface area contributed by atoms with Crippen molar-refractivity contribution < 1.29 is 9.53 Å². The maximum atomic E-state index is 12.4. The third kappa shape index (κ3) is 5.07. The molecule has 0 aliphatic carbocycles. The Morgan fingerprint density at radius 3 is 2.52 bits per heavy atom. The lowest BCUT2D eigenvalue weighted by atomic mass is 9.89. The van der Waals surface area contributed by atoms with E-state index in [9.17, 15) is 4.79 Å². The predicted molar refractivity (Wildman–Crippen MR) is 102 cm³/mol. The molecule has 1 fully saturated rings. The van der Waals surface area contributed by atoms with Crippen LogP contribution in [0.3, 0.4) is 0 Å². The molecule has 3 rings (SSSR count). The minimum atomic E-state index is 0.0393. The standard InChI is InChI=1S/C21H26N2O2/c1-16-15-25-14-12-20(16)21(24)23-19-9-7-18(8-10-19)22-13-11-17-5-3-2-4-6-17/h2-10,16,20,22H,11-15H2,1H3,(H,23,24). The van der Waals surface area contributed by atoms with Crippen molar-refractivity contribution in [3.05, 3.63) is 60.2 Å². The highest BCUT2D eigenvalue weighted by molar-refractivity contribution is 5.92. The molecule has 0 saturated carbocycles. The Bertz CT molecular complexity index is 670. The maximum absolute atomic E-state index is 12.4. The summed E-state index contributed by atoms with van der Waals surface area (Å²) in [4.78, 5) is 12.4. The van der Waals surface area contributed by atoms with Crippen molar-refractivity contribution in [2.24, 2.45) is 11.8 Å². The summed E-state index contributed by atoms with van der Waals surface area (Å²) in [6, 6.07) is 18.3. The van der Waals surface area contributed by atoms with E-state index in [0.29, 0.717) is 13.2 Å². The van der Waals surface area contributed by atoms with Crippen LogP contribution in [-0.4, -0.2) is 25.7 Å². The van der Waals surface area contributed by atoms with Gasteiger partial charge in [0.25, 0.3) is 0 Å². The fourth-order valence-electron chi connectivity index (χ4n) is 3.17. The predicted octanol–water partition coefficient (Wildman–Crippen LogP) is 3.95. The Hall–Kier alpha value is -2.33. The van der Waals surface area contributed by atoms with Gasteiger partial charge in [-0.3, -0.25) is 4.79 Å². The van der Waals surface area contributed by atoms with E-state index in [0.717, 1.165) is 30.8 Å². The zero-order valence-electron chi connectivity index (χ0n) is 14.7. The third-order valence-corrected chi connectivity index (χ3v) is 4.72. The number of carbonyl (C=O) groups is 1. The number of anilines is 2. The van der Waals surface area contributed by atoms with Crippen LogP contribution in [0.2, 0.25) is 0 Å². The Morgan fingerprint density at radius 2 is 1.80 bits per heavy atom. The van der Waals surface area contributed by atoms with E-state index in [-0.39, 0.29) is 17.7 Å². The molecule has 1 saturated heterocycles. The molecule has 2 unspecified atom stereocenters. The number of nitrogens with one attached hydrogen (secondary N) is 2. The Morgan fingerprint density at radius 1 is 1.08 bits per heavy atom. The number of carbonyl (C=O) groups excluding carboxylic acids is 1. The van der Waals surface area contributed by atoms with Gasteiger partial charge in [-0.1, -0.05) is 37.3 Å². The lowest BCUT2D eigenvalue weighted by Crippen LogP contribution is -2.34. The molecule has 2 aromatic carbocycles. The average Bonchev–Trinajstić information content (AvgIpc) is 2.64. The van der Waals surface area contributed by atoms with Crippen LogP contribution in [0.25, 0.3) is 0 Å². The molecular formula is C21H26N2O2. The topological polar surface area (TPSA) is 50.4 Å². The van der Waals surface area contributed by atoms with Crippen LogP contribution in [-0.2, 0) is 16.0 Å². The highest BCUT2D eigenvalue weighted by atomic mass is 16.5. The third-order valence-electron chi connectivity index (χ3n) is 4.72. The molecule has 2 atom stereocenters. The van der Waals surface area contributed by atoms with Gasteiger partial charge in [0.2, 0.25) is 5.91 Å². The van der Waals surface area contributed by atoms with Gasteiger partial charge in [-0.05, 0) is 48.6 Å². The second kappa shape index (κ2) is 8.67. The first-order valence-electron chi connectivity index (χ1n) is 8.99. The molecule has 1 amide bonds. The monoisotopic (exact) mass is 338 g/mol. The van der Waals surface area contributed by atoms with Crippen molar-refractivity contribution in [1.29, 1.82) is 0 Å². The molecule has 25 heavy (non-hydrogen) atoms. The van der Waals surface area contributed by atoms with Gasteiger partial charge in [-0.15, -0.1) is 0 Å². The van der Waals surface area contributed by atoms with Crippen LogP contribution in [0.1, 0.15) is 18.9 Å². The van der Waals surface area contributed by atoms with Gasteiger partial charge in [0, 0.05) is 37.1 Å². The number of ether oxygens (including phenoxy) is 1. The second-order valence-corrected chi connectivity index (χ2v) is 6.68. The first kappa shape index (κ1) is 17.5. The number of benzene rings is 2. The van der Waals surface area contributed by atoms with E-state index in [2.05, 4.69) is 41.8 Å². The quantitative estimate of drug-likeness (QED) is 0.838. The minimum absolute atomic E-state index is 0.0393. The number of hydrogen-bond acceptors (Lipinski definition) is 3. The SMILES string of the molecule is CC1COCCC1C(=O)Nc1ccc(NCCc2ccccc2)cc1. The number of amides is 1. The summed E-state index contributed by atoms with van der Waals surface area (Å²) in [6.45, 7) is 4.30. The first-order valence-corrected chi connectivity index (χ1v) is 8.99. The summed E-state index contributed by atoms with van der Waals surface area (Å²) in [5, 5.41) is 6.44. The lowest BCUT2D eigenvalue weighted by Gasteiger charge is -2.27. The van der Waals surface area contributed by atoms with E-state index in [1.54, 1.807) is 0 Å². The van der Waals surface area contributed by atoms with Gasteiger partial charge in [0.05, 0.1) is 0 Å². The van der Waals surface area contributed by atoms with Gasteiger partial charge in [0.15, 0.2) is 0 Å². The largest absolute Gasteiger partial charge is 0.385 e. The molecule has 0 spiro atoms. The molecule has 0 aromatic heterocycles. The lowest BCUT2D eigenvalue weighted by molar-refractivity contribution is -0.125. The van der Waals surface area contributed by atoms with E-state index in [4.69, 9.17) is 4.74 Å². The Balaban J connectivity index is 1.47. The molecule has 2 aromatic rings. The molecule has 0 bridgehead atoms. The molecule has 4 nitrogen and oxygen atoms in total. The summed E-state index contributed by atoms with van der Waals surface area (Å²) in [5.41, 5.74) is 3.23. The van der Waals surface area contributed by atoms with Crippen LogP contribution >= 0.6 is 0 Å². The van der Waals surface area contributed by atoms with Gasteiger partial charge >= 0.3 is 0 Å². The molecule has 1 aliphatic rings. The molecule has 1 heterocycles. The van der Waals surface area contributed by atoms with Gasteiger partial charge < -0.3 is 15.4 Å². The molecule has 132 valence electrons. The van der Waals surface area contributed by atoms with Gasteiger partial charge in [-0.25, -0.2) is 0 Å². The smallest absolute Gasteiger partial charge is 0.227 e. The fraction of sp³-hybridized carbons (Fsp3) is 0.381. The molecular weight excluding hydrogens is 312 g/mol. The first-order chi connectivity index (χ1) is 12.2. The fourth-order valence-corrected chi connectivity index (χ4v) is 3.17. The summed E-state index contributed by atoms with van der Waals surface area (Å²) in [7, 11) is 0. The van der Waals surface area contributed by atoms with Crippen molar-refractivity contribution in [2.45, 2.75) is 19.8 Å². The van der Waals surface area contributed by atoms with Crippen LogP contribution in [0.4, 0.5) is 11.4 Å². The van der Waals surface area contributed by atoms with E-state index in [1.807, 2.05) is 30.3 Å². The second-order valence-electron chi connectivity index (χ2n) is 6.68. The van der Waals surface area contributed by atoms with Gasteiger partial charge in [0.1, 0.15) is 0 Å². The van der Waals surface area contributed by atoms with E-state index < -0.39 is 0 Å². The van der Waals surface area contributed by atoms with E-state index in [1.165, 1.54) is 5.56 Å². The number of hydrogen-bond donors (Lipinski definition) is 2. The van der Waals surface area contributed by atoms with Crippen LogP contribution in [0.5, 0.6) is 0 Å².